The average molecular weight is 529 g/mol. The number of benzene rings is 2. The number of halogens is 1. The van der Waals surface area contributed by atoms with Crippen molar-refractivity contribution in [3.8, 4) is 5.75 Å². The predicted molar refractivity (Wildman–Crippen MR) is 135 cm³/mol. The largest absolute Gasteiger partial charge is 0.497 e. The topological polar surface area (TPSA) is 79.1 Å². The number of carbonyl (C=O) groups excluding carboxylic acids is 1. The van der Waals surface area contributed by atoms with Crippen molar-refractivity contribution in [1.29, 1.82) is 0 Å². The summed E-state index contributed by atoms with van der Waals surface area (Å²) < 4.78 is 12.0. The van der Waals surface area contributed by atoms with Crippen LogP contribution < -0.4 is 4.74 Å². The number of methoxy groups -OCH3 is 1. The van der Waals surface area contributed by atoms with Crippen LogP contribution in [0.4, 0.5) is 0 Å². The predicted octanol–water partition coefficient (Wildman–Crippen LogP) is 5.58. The van der Waals surface area contributed by atoms with Crippen LogP contribution in [-0.2, 0) is 22.5 Å². The van der Waals surface area contributed by atoms with Gasteiger partial charge in [0.15, 0.2) is 5.82 Å². The van der Waals surface area contributed by atoms with Crippen molar-refractivity contribution >= 4 is 21.9 Å². The Kier molecular flexibility index (Phi) is 8.83. The number of hydrogen-bond acceptors (Lipinski definition) is 6. The van der Waals surface area contributed by atoms with E-state index >= 15 is 0 Å². The van der Waals surface area contributed by atoms with Gasteiger partial charge >= 0.3 is 5.97 Å². The summed E-state index contributed by atoms with van der Waals surface area (Å²) in [6.45, 7) is 8.21. The Morgan fingerprint density at radius 3 is 2.44 bits per heavy atom. The number of hydrogen-bond donors (Lipinski definition) is 0. The third-order valence-electron chi connectivity index (χ3n) is 5.48. The lowest BCUT2D eigenvalue weighted by Gasteiger charge is -2.28. The fraction of sp³-hybridized carbons (Fsp3) is 0.462. The summed E-state index contributed by atoms with van der Waals surface area (Å²) in [6.07, 6.45) is 2.12. The third-order valence-corrected chi connectivity index (χ3v) is 6.25. The Morgan fingerprint density at radius 2 is 1.82 bits per heavy atom. The summed E-state index contributed by atoms with van der Waals surface area (Å²) in [7, 11) is 1.64. The molecular weight excluding hydrogens is 496 g/mol. The van der Waals surface area contributed by atoms with Gasteiger partial charge < -0.3 is 9.47 Å². The fourth-order valence-corrected chi connectivity index (χ4v) is 4.30. The van der Waals surface area contributed by atoms with Gasteiger partial charge in [-0.25, -0.2) is 0 Å². The van der Waals surface area contributed by atoms with Gasteiger partial charge in [-0.3, -0.25) is 4.79 Å². The van der Waals surface area contributed by atoms with Crippen LogP contribution in [0.1, 0.15) is 63.4 Å². The minimum atomic E-state index is -0.569. The monoisotopic (exact) mass is 528 g/mol. The summed E-state index contributed by atoms with van der Waals surface area (Å²) in [5.41, 5.74) is 1.55. The zero-order valence-electron chi connectivity index (χ0n) is 20.5. The number of tetrazole rings is 1. The Hall–Kier alpha value is -2.74. The first kappa shape index (κ1) is 25.9. The minimum Gasteiger partial charge on any atom is -0.497 e. The van der Waals surface area contributed by atoms with Crippen LogP contribution in [-0.4, -0.2) is 38.9 Å². The number of ether oxygens (including phenoxy) is 2. The summed E-state index contributed by atoms with van der Waals surface area (Å²) >= 11 is 3.64. The number of rotatable bonds is 10. The molecule has 0 N–H and O–H groups in total. The van der Waals surface area contributed by atoms with E-state index in [2.05, 4.69) is 39.2 Å². The van der Waals surface area contributed by atoms with Crippen LogP contribution in [0.3, 0.4) is 0 Å². The van der Waals surface area contributed by atoms with E-state index in [1.54, 1.807) is 11.9 Å². The molecule has 0 saturated heterocycles. The fourth-order valence-electron chi connectivity index (χ4n) is 3.85. The van der Waals surface area contributed by atoms with E-state index in [0.717, 1.165) is 27.8 Å². The molecule has 0 spiro atoms. The van der Waals surface area contributed by atoms with E-state index in [9.17, 15) is 4.79 Å². The van der Waals surface area contributed by atoms with Crippen molar-refractivity contribution in [3.05, 3.63) is 70.0 Å². The molecule has 0 saturated carbocycles. The summed E-state index contributed by atoms with van der Waals surface area (Å²) in [4.78, 5) is 14.8. The number of nitrogens with zero attached hydrogens (tertiary/aromatic N) is 4. The molecule has 3 rings (SSSR count). The Morgan fingerprint density at radius 1 is 1.12 bits per heavy atom. The van der Waals surface area contributed by atoms with Crippen molar-refractivity contribution in [1.82, 2.24) is 20.2 Å². The van der Waals surface area contributed by atoms with E-state index in [-0.39, 0.29) is 17.8 Å². The van der Waals surface area contributed by atoms with Crippen LogP contribution in [0.15, 0.2) is 53.0 Å². The van der Waals surface area contributed by atoms with Crippen LogP contribution in [0.5, 0.6) is 5.75 Å². The quantitative estimate of drug-likeness (QED) is 0.319. The first-order valence-corrected chi connectivity index (χ1v) is 12.4. The molecule has 2 atom stereocenters. The third kappa shape index (κ3) is 7.13. The number of esters is 1. The lowest BCUT2D eigenvalue weighted by atomic mass is 9.83. The van der Waals surface area contributed by atoms with Gasteiger partial charge in [-0.05, 0) is 68.2 Å². The summed E-state index contributed by atoms with van der Waals surface area (Å²) in [5, 5.41) is 13.4. The van der Waals surface area contributed by atoms with Gasteiger partial charge in [0.2, 0.25) is 0 Å². The molecule has 0 aliphatic heterocycles. The maximum absolute atomic E-state index is 13.3. The molecule has 0 aliphatic rings. The van der Waals surface area contributed by atoms with Gasteiger partial charge in [-0.1, -0.05) is 59.6 Å². The zero-order valence-corrected chi connectivity index (χ0v) is 22.1. The normalized spacial score (nSPS) is 13.4. The second-order valence-corrected chi connectivity index (χ2v) is 10.2. The van der Waals surface area contributed by atoms with Crippen molar-refractivity contribution in [2.24, 2.45) is 5.92 Å². The van der Waals surface area contributed by atoms with Crippen LogP contribution >= 0.6 is 15.9 Å². The van der Waals surface area contributed by atoms with Crippen LogP contribution in [0.25, 0.3) is 0 Å². The van der Waals surface area contributed by atoms with Crippen LogP contribution in [0, 0.1) is 5.92 Å². The standard InChI is InChI=1S/C26H33BrN4O3/c1-6-9-21(25(32)34-26(2,3)4)22(16-19-10-7-8-11-23(19)27)24-28-30-31(29-24)17-18-12-14-20(33-5)15-13-18/h7-8,10-15,21-22H,6,9,16-17H2,1-5H3/t21?,22-/m1/s1. The summed E-state index contributed by atoms with van der Waals surface area (Å²) in [6, 6.07) is 15.8. The zero-order chi connectivity index (χ0) is 24.7. The first-order chi connectivity index (χ1) is 16.2. The maximum atomic E-state index is 13.3. The van der Waals surface area contributed by atoms with Gasteiger partial charge in [0.05, 0.1) is 19.6 Å². The van der Waals surface area contributed by atoms with Gasteiger partial charge in [0, 0.05) is 10.4 Å². The molecule has 0 fully saturated rings. The highest BCUT2D eigenvalue weighted by Gasteiger charge is 2.35. The minimum absolute atomic E-state index is 0.224. The molecule has 182 valence electrons. The van der Waals surface area contributed by atoms with Crippen LogP contribution in [0.2, 0.25) is 0 Å². The van der Waals surface area contributed by atoms with Gasteiger partial charge in [0.1, 0.15) is 11.4 Å². The van der Waals surface area contributed by atoms with Gasteiger partial charge in [0.25, 0.3) is 0 Å². The second-order valence-electron chi connectivity index (χ2n) is 9.36. The van der Waals surface area contributed by atoms with E-state index < -0.39 is 5.60 Å². The molecule has 1 unspecified atom stereocenters. The Bertz CT molecular complexity index is 1080. The molecule has 0 bridgehead atoms. The molecule has 7 nitrogen and oxygen atoms in total. The lowest BCUT2D eigenvalue weighted by Crippen LogP contribution is -2.33. The molecule has 0 amide bonds. The van der Waals surface area contributed by atoms with Crippen molar-refractivity contribution in [2.75, 3.05) is 7.11 Å². The van der Waals surface area contributed by atoms with E-state index in [1.807, 2.05) is 63.2 Å². The lowest BCUT2D eigenvalue weighted by molar-refractivity contribution is -0.161. The number of carbonyl (C=O) groups is 1. The molecule has 3 aromatic rings. The number of aromatic nitrogens is 4. The molecule has 2 aromatic carbocycles. The highest BCUT2D eigenvalue weighted by atomic mass is 79.9. The molecule has 34 heavy (non-hydrogen) atoms. The smallest absolute Gasteiger partial charge is 0.310 e. The maximum Gasteiger partial charge on any atom is 0.310 e. The van der Waals surface area contributed by atoms with E-state index in [0.29, 0.717) is 25.2 Å². The second kappa shape index (κ2) is 11.6. The Balaban J connectivity index is 1.92. The van der Waals surface area contributed by atoms with Crippen molar-refractivity contribution in [2.45, 2.75) is 65.0 Å². The van der Waals surface area contributed by atoms with E-state index in [4.69, 9.17) is 14.6 Å². The highest BCUT2D eigenvalue weighted by Crippen LogP contribution is 2.33. The molecule has 0 radical (unpaired) electrons. The van der Waals surface area contributed by atoms with Crippen molar-refractivity contribution in [3.63, 3.8) is 0 Å². The van der Waals surface area contributed by atoms with Crippen molar-refractivity contribution < 1.29 is 14.3 Å². The summed E-state index contributed by atoms with van der Waals surface area (Å²) in [5.74, 6) is 0.476. The SMILES string of the molecule is CCCC(C(=O)OC(C)(C)C)[C@@H](Cc1ccccc1Br)c1nnn(Cc2ccc(OC)cc2)n1. The Labute approximate surface area is 210 Å². The van der Waals surface area contributed by atoms with E-state index in [1.165, 1.54) is 0 Å². The highest BCUT2D eigenvalue weighted by molar-refractivity contribution is 9.10. The average Bonchev–Trinajstić information content (AvgIpc) is 3.25. The molecule has 1 aromatic heterocycles. The first-order valence-electron chi connectivity index (χ1n) is 11.6. The molecule has 1 heterocycles. The molecule has 0 aliphatic carbocycles. The van der Waals surface area contributed by atoms with Gasteiger partial charge in [-0.15, -0.1) is 10.2 Å². The molecule has 8 heteroatoms. The van der Waals surface area contributed by atoms with Gasteiger partial charge in [-0.2, -0.15) is 4.80 Å². The molecular formula is C26H33BrN4O3.